The highest BCUT2D eigenvalue weighted by molar-refractivity contribution is 5.05. The SMILES string of the molecule is CCCNCCN1CC2(CC2)C1. The largest absolute Gasteiger partial charge is 0.315 e. The molecule has 12 heavy (non-hydrogen) atoms. The number of nitrogens with zero attached hydrogens (tertiary/aromatic N) is 1. The monoisotopic (exact) mass is 168 g/mol. The molecule has 2 aliphatic rings. The molecule has 2 fully saturated rings. The Balaban J connectivity index is 1.47. The molecule has 0 radical (unpaired) electrons. The summed E-state index contributed by atoms with van der Waals surface area (Å²) in [4.78, 5) is 2.58. The Morgan fingerprint density at radius 3 is 2.58 bits per heavy atom. The highest BCUT2D eigenvalue weighted by Gasteiger charge is 2.51. The maximum atomic E-state index is 3.44. The summed E-state index contributed by atoms with van der Waals surface area (Å²) in [6.07, 6.45) is 4.27. The van der Waals surface area contributed by atoms with Crippen LogP contribution in [0.4, 0.5) is 0 Å². The summed E-state index contributed by atoms with van der Waals surface area (Å²) in [7, 11) is 0. The molecule has 2 nitrogen and oxygen atoms in total. The van der Waals surface area contributed by atoms with Crippen molar-refractivity contribution in [3.8, 4) is 0 Å². The van der Waals surface area contributed by atoms with Gasteiger partial charge in [0.05, 0.1) is 0 Å². The minimum Gasteiger partial charge on any atom is -0.315 e. The number of rotatable bonds is 5. The summed E-state index contributed by atoms with van der Waals surface area (Å²) in [6, 6.07) is 0. The number of hydrogen-bond acceptors (Lipinski definition) is 2. The number of hydrogen-bond donors (Lipinski definition) is 1. The zero-order valence-corrected chi connectivity index (χ0v) is 8.10. The first-order valence-corrected chi connectivity index (χ1v) is 5.28. The predicted octanol–water partition coefficient (Wildman–Crippen LogP) is 1.08. The zero-order valence-electron chi connectivity index (χ0n) is 8.10. The fourth-order valence-corrected chi connectivity index (χ4v) is 2.09. The highest BCUT2D eigenvalue weighted by Crippen LogP contribution is 2.52. The first kappa shape index (κ1) is 8.52. The van der Waals surface area contributed by atoms with Gasteiger partial charge >= 0.3 is 0 Å². The molecule has 2 rings (SSSR count). The number of nitrogens with one attached hydrogen (secondary N) is 1. The van der Waals surface area contributed by atoms with Crippen molar-refractivity contribution < 1.29 is 0 Å². The van der Waals surface area contributed by atoms with E-state index in [1.807, 2.05) is 0 Å². The zero-order chi connectivity index (χ0) is 8.44. The molecule has 2 heteroatoms. The van der Waals surface area contributed by atoms with Crippen molar-refractivity contribution in [1.29, 1.82) is 0 Å². The summed E-state index contributed by atoms with van der Waals surface area (Å²) in [5.41, 5.74) is 0.838. The summed E-state index contributed by atoms with van der Waals surface area (Å²) < 4.78 is 0. The molecule has 0 amide bonds. The molecule has 1 aliphatic heterocycles. The van der Waals surface area contributed by atoms with Gasteiger partial charge in [-0.1, -0.05) is 6.92 Å². The maximum Gasteiger partial charge on any atom is 0.0107 e. The molecule has 1 spiro atoms. The highest BCUT2D eigenvalue weighted by atomic mass is 15.2. The van der Waals surface area contributed by atoms with E-state index < -0.39 is 0 Å². The summed E-state index contributed by atoms with van der Waals surface area (Å²) >= 11 is 0. The van der Waals surface area contributed by atoms with Crippen LogP contribution in [0.2, 0.25) is 0 Å². The van der Waals surface area contributed by atoms with Crippen molar-refractivity contribution in [1.82, 2.24) is 10.2 Å². The molecule has 0 aromatic heterocycles. The molecule has 0 unspecified atom stereocenters. The van der Waals surface area contributed by atoms with Gasteiger partial charge in [0.1, 0.15) is 0 Å². The minimum atomic E-state index is 0.838. The molecule has 1 saturated carbocycles. The van der Waals surface area contributed by atoms with Crippen LogP contribution in [0.1, 0.15) is 26.2 Å². The topological polar surface area (TPSA) is 15.3 Å². The van der Waals surface area contributed by atoms with Crippen LogP contribution in [0, 0.1) is 5.41 Å². The van der Waals surface area contributed by atoms with Crippen LogP contribution >= 0.6 is 0 Å². The lowest BCUT2D eigenvalue weighted by molar-refractivity contribution is 0.0831. The van der Waals surface area contributed by atoms with E-state index in [9.17, 15) is 0 Å². The molecule has 1 N–H and O–H groups in total. The Morgan fingerprint density at radius 1 is 1.25 bits per heavy atom. The smallest absolute Gasteiger partial charge is 0.0107 e. The van der Waals surface area contributed by atoms with Gasteiger partial charge in [-0.05, 0) is 31.2 Å². The third-order valence-corrected chi connectivity index (χ3v) is 3.11. The first-order valence-electron chi connectivity index (χ1n) is 5.28. The van der Waals surface area contributed by atoms with E-state index in [0.717, 1.165) is 5.41 Å². The summed E-state index contributed by atoms with van der Waals surface area (Å²) in [6.45, 7) is 8.63. The molecule has 0 atom stereocenters. The molecular weight excluding hydrogens is 148 g/mol. The second-order valence-corrected chi connectivity index (χ2v) is 4.46. The number of likely N-dealkylation sites (tertiary alicyclic amines) is 1. The normalized spacial score (nSPS) is 25.8. The van der Waals surface area contributed by atoms with Crippen molar-refractivity contribution >= 4 is 0 Å². The van der Waals surface area contributed by atoms with Crippen LogP contribution < -0.4 is 5.32 Å². The average Bonchev–Trinajstić information content (AvgIpc) is 2.76. The van der Waals surface area contributed by atoms with Crippen molar-refractivity contribution in [3.63, 3.8) is 0 Å². The quantitative estimate of drug-likeness (QED) is 0.618. The van der Waals surface area contributed by atoms with Crippen LogP contribution in [0.3, 0.4) is 0 Å². The van der Waals surface area contributed by atoms with Crippen LogP contribution in [0.25, 0.3) is 0 Å². The van der Waals surface area contributed by atoms with Gasteiger partial charge in [0.15, 0.2) is 0 Å². The van der Waals surface area contributed by atoms with Crippen molar-refractivity contribution in [3.05, 3.63) is 0 Å². The van der Waals surface area contributed by atoms with Crippen LogP contribution in [-0.2, 0) is 0 Å². The van der Waals surface area contributed by atoms with Gasteiger partial charge in [-0.25, -0.2) is 0 Å². The van der Waals surface area contributed by atoms with E-state index in [1.165, 1.54) is 52.0 Å². The molecule has 1 aliphatic carbocycles. The fourth-order valence-electron chi connectivity index (χ4n) is 2.09. The standard InChI is InChI=1S/C10H20N2/c1-2-5-11-6-7-12-8-10(9-12)3-4-10/h11H,2-9H2,1H3. The van der Waals surface area contributed by atoms with Gasteiger partial charge in [-0.2, -0.15) is 0 Å². The Kier molecular flexibility index (Phi) is 2.37. The minimum absolute atomic E-state index is 0.838. The predicted molar refractivity (Wildman–Crippen MR) is 51.3 cm³/mol. The first-order chi connectivity index (χ1) is 5.85. The van der Waals surface area contributed by atoms with Gasteiger partial charge in [0.2, 0.25) is 0 Å². The van der Waals surface area contributed by atoms with Crippen molar-refractivity contribution in [2.45, 2.75) is 26.2 Å². The molecule has 70 valence electrons. The molecule has 0 bridgehead atoms. The third-order valence-electron chi connectivity index (χ3n) is 3.11. The van der Waals surface area contributed by atoms with Crippen molar-refractivity contribution in [2.75, 3.05) is 32.7 Å². The molecule has 1 heterocycles. The van der Waals surface area contributed by atoms with E-state index >= 15 is 0 Å². The van der Waals surface area contributed by atoms with Crippen LogP contribution in [-0.4, -0.2) is 37.6 Å². The van der Waals surface area contributed by atoms with Gasteiger partial charge in [-0.15, -0.1) is 0 Å². The van der Waals surface area contributed by atoms with E-state index in [0.29, 0.717) is 0 Å². The molecular formula is C10H20N2. The van der Waals surface area contributed by atoms with E-state index in [2.05, 4.69) is 17.1 Å². The van der Waals surface area contributed by atoms with Crippen LogP contribution in [0.5, 0.6) is 0 Å². The summed E-state index contributed by atoms with van der Waals surface area (Å²) in [5.74, 6) is 0. The summed E-state index contributed by atoms with van der Waals surface area (Å²) in [5, 5.41) is 3.44. The van der Waals surface area contributed by atoms with Crippen molar-refractivity contribution in [2.24, 2.45) is 5.41 Å². The lowest BCUT2D eigenvalue weighted by Crippen LogP contribution is -2.50. The van der Waals surface area contributed by atoms with Gasteiger partial charge in [0.25, 0.3) is 0 Å². The molecule has 0 aromatic rings. The van der Waals surface area contributed by atoms with E-state index in [1.54, 1.807) is 0 Å². The third kappa shape index (κ3) is 1.80. The van der Waals surface area contributed by atoms with E-state index in [4.69, 9.17) is 0 Å². The van der Waals surface area contributed by atoms with Crippen LogP contribution in [0.15, 0.2) is 0 Å². The Labute approximate surface area is 75.3 Å². The molecule has 0 aromatic carbocycles. The van der Waals surface area contributed by atoms with Gasteiger partial charge in [0, 0.05) is 26.2 Å². The maximum absolute atomic E-state index is 3.44. The fraction of sp³-hybridized carbons (Fsp3) is 1.00. The lowest BCUT2D eigenvalue weighted by Gasteiger charge is -2.40. The molecule has 1 saturated heterocycles. The van der Waals surface area contributed by atoms with Gasteiger partial charge < -0.3 is 10.2 Å². The Morgan fingerprint density at radius 2 is 2.00 bits per heavy atom. The second kappa shape index (κ2) is 3.35. The second-order valence-electron chi connectivity index (χ2n) is 4.46. The lowest BCUT2D eigenvalue weighted by atomic mass is 9.97. The Bertz CT molecular complexity index is 144. The Hall–Kier alpha value is -0.0800. The van der Waals surface area contributed by atoms with Gasteiger partial charge in [-0.3, -0.25) is 0 Å². The average molecular weight is 168 g/mol. The van der Waals surface area contributed by atoms with E-state index in [-0.39, 0.29) is 0 Å².